The van der Waals surface area contributed by atoms with E-state index in [1.54, 1.807) is 0 Å². The zero-order chi connectivity index (χ0) is 45.4. The molecule has 1 saturated carbocycles. The largest absolute Gasteiger partial charge is 0.472 e. The molecule has 0 bridgehead atoms. The molecular weight excluding hydrogens is 819 g/mol. The van der Waals surface area contributed by atoms with Gasteiger partial charge in [-0.25, -0.2) is 4.57 Å². The van der Waals surface area contributed by atoms with E-state index in [2.05, 4.69) is 50.3 Å². The van der Waals surface area contributed by atoms with Crippen molar-refractivity contribution < 1.29 is 67.8 Å². The lowest BCUT2D eigenvalue weighted by Gasteiger charge is -2.41. The summed E-state index contributed by atoms with van der Waals surface area (Å²) in [5.41, 5.74) is 0. The molecule has 0 aromatic carbocycles. The zero-order valence-corrected chi connectivity index (χ0v) is 38.8. The minimum atomic E-state index is -5.14. The van der Waals surface area contributed by atoms with Gasteiger partial charge in [-0.05, 0) is 51.4 Å². The number of aliphatic hydroxyl groups excluding tert-OH is 5. The molecule has 1 aliphatic carbocycles. The van der Waals surface area contributed by atoms with Gasteiger partial charge >= 0.3 is 19.8 Å². The van der Waals surface area contributed by atoms with Gasteiger partial charge in [0.05, 0.1) is 18.8 Å². The third kappa shape index (κ3) is 26.1. The Hall–Kier alpha value is -1.97. The number of phosphoric acid groups is 1. The summed E-state index contributed by atoms with van der Waals surface area (Å²) in [6, 6.07) is 0. The first-order valence-electron chi connectivity index (χ1n) is 23.9. The van der Waals surface area contributed by atoms with Crippen molar-refractivity contribution in [1.29, 1.82) is 0 Å². The van der Waals surface area contributed by atoms with Crippen LogP contribution in [0.3, 0.4) is 0 Å². The van der Waals surface area contributed by atoms with E-state index in [0.29, 0.717) is 19.3 Å². The molecule has 15 heteroatoms. The molecule has 1 aliphatic heterocycles. The highest BCUT2D eigenvalue weighted by molar-refractivity contribution is 7.47. The standard InChI is InChI=1S/C47H83O14P/c1-3-5-7-9-11-13-15-17-18-19-21-23-25-27-29-33-41(49)59-37(36-58-62(55,56)61-47-45(53)43(51)42(50)44(52)46(47)54)35-57-40(48)34-30-32-39-38(60-39)31-28-26-24-22-20-16-14-12-10-8-6-4-2/h12,14,20,22,26,28,37-39,42-47,50-54H,3-11,13,15-19,21,23-25,27,29-36H2,1-2H3,(H,55,56)/b14-12-,22-20-,28-26-/t37-,38?,39?,42?,43-,44+,45-,46-,47?/m1/s1. The molecule has 5 unspecified atom stereocenters. The second-order valence-corrected chi connectivity index (χ2v) is 18.4. The zero-order valence-electron chi connectivity index (χ0n) is 37.9. The summed E-state index contributed by atoms with van der Waals surface area (Å²) >= 11 is 0. The number of hydrogen-bond acceptors (Lipinski definition) is 13. The number of epoxide rings is 1. The van der Waals surface area contributed by atoms with Gasteiger partial charge in [0.15, 0.2) is 6.10 Å². The van der Waals surface area contributed by atoms with E-state index in [-0.39, 0.29) is 25.0 Å². The maximum Gasteiger partial charge on any atom is 0.472 e. The number of rotatable bonds is 38. The van der Waals surface area contributed by atoms with Gasteiger partial charge in [0.2, 0.25) is 0 Å². The molecular formula is C47H83O14P. The summed E-state index contributed by atoms with van der Waals surface area (Å²) in [6.07, 6.45) is 26.4. The fourth-order valence-electron chi connectivity index (χ4n) is 7.43. The molecule has 2 rings (SSSR count). The Labute approximate surface area is 372 Å². The Kier molecular flexibility index (Phi) is 31.1. The SMILES string of the molecule is CCCCC/C=C\C/C=C\C/C=C\CC1OC1CCCC(=O)OC[C@H](COP(=O)(O)OC1[C@H](O)[C@H](O)C(O)[C@H](O)[C@H]1O)OC(=O)CCCCCCCCCCCCCCCCC. The number of hydrogen-bond donors (Lipinski definition) is 6. The smallest absolute Gasteiger partial charge is 0.462 e. The van der Waals surface area contributed by atoms with E-state index < -0.39 is 75.7 Å². The quantitative estimate of drug-likeness (QED) is 0.0113. The van der Waals surface area contributed by atoms with Gasteiger partial charge in [0.1, 0.15) is 43.2 Å². The van der Waals surface area contributed by atoms with Crippen LogP contribution in [0.5, 0.6) is 0 Å². The molecule has 14 nitrogen and oxygen atoms in total. The number of carbonyl (C=O) groups excluding carboxylic acids is 2. The molecule has 2 aliphatic rings. The van der Waals surface area contributed by atoms with Crippen LogP contribution in [0.25, 0.3) is 0 Å². The minimum Gasteiger partial charge on any atom is -0.462 e. The fraction of sp³-hybridized carbons (Fsp3) is 0.830. The lowest BCUT2D eigenvalue weighted by atomic mass is 9.85. The van der Waals surface area contributed by atoms with E-state index >= 15 is 0 Å². The second-order valence-electron chi connectivity index (χ2n) is 17.0. The summed E-state index contributed by atoms with van der Waals surface area (Å²) in [5.74, 6) is -1.17. The van der Waals surface area contributed by atoms with Gasteiger partial charge in [-0.3, -0.25) is 18.6 Å². The number of esters is 2. The Balaban J connectivity index is 1.73. The number of carbonyl (C=O) groups is 2. The average molecular weight is 903 g/mol. The van der Waals surface area contributed by atoms with Gasteiger partial charge in [-0.2, -0.15) is 0 Å². The number of aliphatic hydroxyl groups is 5. The van der Waals surface area contributed by atoms with Crippen molar-refractivity contribution >= 4 is 19.8 Å². The van der Waals surface area contributed by atoms with Crippen molar-refractivity contribution in [3.8, 4) is 0 Å². The van der Waals surface area contributed by atoms with Crippen molar-refractivity contribution in [2.45, 2.75) is 236 Å². The molecule has 0 aromatic rings. The Morgan fingerprint density at radius 3 is 1.65 bits per heavy atom. The highest BCUT2D eigenvalue weighted by Gasteiger charge is 2.51. The predicted octanol–water partition coefficient (Wildman–Crippen LogP) is 8.38. The molecule has 62 heavy (non-hydrogen) atoms. The first-order chi connectivity index (χ1) is 29.9. The van der Waals surface area contributed by atoms with E-state index in [1.165, 1.54) is 83.5 Å². The fourth-order valence-corrected chi connectivity index (χ4v) is 8.41. The predicted molar refractivity (Wildman–Crippen MR) is 239 cm³/mol. The summed E-state index contributed by atoms with van der Waals surface area (Å²) < 4.78 is 39.3. The first-order valence-corrected chi connectivity index (χ1v) is 25.4. The van der Waals surface area contributed by atoms with Crippen molar-refractivity contribution in [1.82, 2.24) is 0 Å². The van der Waals surface area contributed by atoms with Crippen molar-refractivity contribution in [3.63, 3.8) is 0 Å². The molecule has 360 valence electrons. The number of ether oxygens (including phenoxy) is 3. The van der Waals surface area contributed by atoms with Gasteiger partial charge < -0.3 is 44.6 Å². The van der Waals surface area contributed by atoms with E-state index in [0.717, 1.165) is 51.4 Å². The molecule has 2 fully saturated rings. The number of allylic oxidation sites excluding steroid dienone is 5. The van der Waals surface area contributed by atoms with Crippen LogP contribution in [-0.2, 0) is 37.4 Å². The summed E-state index contributed by atoms with van der Waals surface area (Å²) in [6.45, 7) is 3.21. The van der Waals surface area contributed by atoms with Gasteiger partial charge in [-0.15, -0.1) is 0 Å². The monoisotopic (exact) mass is 903 g/mol. The molecule has 0 aromatic heterocycles. The average Bonchev–Trinajstić information content (AvgIpc) is 4.01. The molecule has 1 saturated heterocycles. The summed E-state index contributed by atoms with van der Waals surface area (Å²) in [7, 11) is -5.14. The molecule has 0 spiro atoms. The van der Waals surface area contributed by atoms with Crippen LogP contribution in [0.2, 0.25) is 0 Å². The van der Waals surface area contributed by atoms with Gasteiger partial charge in [0.25, 0.3) is 0 Å². The van der Waals surface area contributed by atoms with Crippen LogP contribution in [0.1, 0.15) is 181 Å². The van der Waals surface area contributed by atoms with Gasteiger partial charge in [0, 0.05) is 12.8 Å². The van der Waals surface area contributed by atoms with Crippen molar-refractivity contribution in [2.75, 3.05) is 13.2 Å². The van der Waals surface area contributed by atoms with Crippen LogP contribution in [0.15, 0.2) is 36.5 Å². The maximum absolute atomic E-state index is 12.8. The number of phosphoric ester groups is 1. The summed E-state index contributed by atoms with van der Waals surface area (Å²) in [5, 5.41) is 50.2. The molecule has 6 N–H and O–H groups in total. The highest BCUT2D eigenvalue weighted by atomic mass is 31.2. The van der Waals surface area contributed by atoms with E-state index in [9.17, 15) is 44.6 Å². The third-order valence-corrected chi connectivity index (χ3v) is 12.4. The Morgan fingerprint density at radius 1 is 0.581 bits per heavy atom. The second kappa shape index (κ2) is 34.4. The minimum absolute atomic E-state index is 0.0630. The van der Waals surface area contributed by atoms with Crippen LogP contribution in [-0.4, -0.2) is 111 Å². The lowest BCUT2D eigenvalue weighted by molar-refractivity contribution is -0.220. The molecule has 0 amide bonds. The maximum atomic E-state index is 12.8. The van der Waals surface area contributed by atoms with Gasteiger partial charge in [-0.1, -0.05) is 153 Å². The molecule has 10 atom stereocenters. The number of unbranched alkanes of at least 4 members (excludes halogenated alkanes) is 17. The third-order valence-electron chi connectivity index (χ3n) is 11.4. The Bertz CT molecular complexity index is 1290. The highest BCUT2D eigenvalue weighted by Crippen LogP contribution is 2.47. The molecule has 0 radical (unpaired) electrons. The Morgan fingerprint density at radius 2 is 1.06 bits per heavy atom. The van der Waals surface area contributed by atoms with E-state index in [4.69, 9.17) is 23.3 Å². The van der Waals surface area contributed by atoms with Crippen LogP contribution in [0, 0.1) is 0 Å². The summed E-state index contributed by atoms with van der Waals surface area (Å²) in [4.78, 5) is 35.8. The van der Waals surface area contributed by atoms with Crippen LogP contribution >= 0.6 is 7.82 Å². The lowest BCUT2D eigenvalue weighted by Crippen LogP contribution is -2.64. The van der Waals surface area contributed by atoms with Crippen LogP contribution in [0.4, 0.5) is 0 Å². The normalized spacial score (nSPS) is 25.4. The van der Waals surface area contributed by atoms with Crippen molar-refractivity contribution in [3.05, 3.63) is 36.5 Å². The van der Waals surface area contributed by atoms with Crippen LogP contribution < -0.4 is 0 Å². The van der Waals surface area contributed by atoms with Crippen molar-refractivity contribution in [2.24, 2.45) is 0 Å². The molecule has 1 heterocycles. The topological polar surface area (TPSA) is 222 Å². The van der Waals surface area contributed by atoms with E-state index in [1.807, 2.05) is 0 Å². The first kappa shape index (κ1) is 56.2.